The van der Waals surface area contributed by atoms with Gasteiger partial charge in [0.25, 0.3) is 0 Å². The van der Waals surface area contributed by atoms with E-state index in [2.05, 4.69) is 73.6 Å². The van der Waals surface area contributed by atoms with Gasteiger partial charge in [-0.2, -0.15) is 16.0 Å². The molecule has 2 heterocycles. The molecule has 2 aromatic carbocycles. The summed E-state index contributed by atoms with van der Waals surface area (Å²) >= 11 is 7.05. The summed E-state index contributed by atoms with van der Waals surface area (Å²) in [6.45, 7) is 0. The molecule has 0 aliphatic carbocycles. The van der Waals surface area contributed by atoms with Crippen molar-refractivity contribution in [2.75, 3.05) is 5.75 Å². The minimum Gasteiger partial charge on any atom is -0.230 e. The number of thiazole rings is 1. The molecule has 1 aliphatic heterocycles. The van der Waals surface area contributed by atoms with Crippen molar-refractivity contribution < 1.29 is 0 Å². The third kappa shape index (κ3) is 3.74. The van der Waals surface area contributed by atoms with E-state index in [0.29, 0.717) is 0 Å². The van der Waals surface area contributed by atoms with Crippen LogP contribution >= 0.6 is 49.9 Å². The maximum atomic E-state index is 4.68. The molecule has 3 aromatic rings. The molecule has 1 aromatic heterocycles. The Morgan fingerprint density at radius 3 is 2.92 bits per heavy atom. The Morgan fingerprint density at radius 1 is 1.12 bits per heavy atom. The van der Waals surface area contributed by atoms with Crippen molar-refractivity contribution in [1.29, 1.82) is 0 Å². The number of benzene rings is 2. The third-order valence-corrected chi connectivity index (χ3v) is 8.43. The molecule has 0 N–H and O–H groups in total. The van der Waals surface area contributed by atoms with E-state index in [-0.39, 0.29) is 0 Å². The highest BCUT2D eigenvalue weighted by atomic mass is 79.9. The van der Waals surface area contributed by atoms with Crippen LogP contribution in [0.4, 0.5) is 0 Å². The molecule has 0 saturated carbocycles. The molecule has 1 unspecified atom stereocenters. The average molecular weight is 436 g/mol. The highest BCUT2D eigenvalue weighted by molar-refractivity contribution is 9.10. The first-order chi connectivity index (χ1) is 11.8. The number of nitrogens with zero attached hydrogens (tertiary/aromatic N) is 3. The molecule has 0 fully saturated rings. The van der Waals surface area contributed by atoms with E-state index in [1.54, 1.807) is 23.1 Å². The van der Waals surface area contributed by atoms with Gasteiger partial charge in [0.05, 0.1) is 20.8 Å². The molecule has 0 saturated heterocycles. The van der Waals surface area contributed by atoms with Gasteiger partial charge in [0.15, 0.2) is 4.34 Å². The van der Waals surface area contributed by atoms with Crippen LogP contribution in [0.3, 0.4) is 0 Å². The summed E-state index contributed by atoms with van der Waals surface area (Å²) in [5.41, 5.74) is 4.41. The quantitative estimate of drug-likeness (QED) is 0.411. The molecule has 0 bridgehead atoms. The van der Waals surface area contributed by atoms with E-state index < -0.39 is 10.9 Å². The number of hydrogen-bond acceptors (Lipinski definition) is 5. The zero-order valence-electron chi connectivity index (χ0n) is 12.6. The Morgan fingerprint density at radius 2 is 2.04 bits per heavy atom. The second-order valence-electron chi connectivity index (χ2n) is 5.24. The first-order valence-electron chi connectivity index (χ1n) is 7.37. The van der Waals surface area contributed by atoms with Gasteiger partial charge in [0, 0.05) is 16.0 Å². The predicted molar refractivity (Wildman–Crippen MR) is 113 cm³/mol. The zero-order chi connectivity index (χ0) is 16.4. The van der Waals surface area contributed by atoms with Crippen molar-refractivity contribution in [2.24, 2.45) is 10.2 Å². The normalized spacial score (nSPS) is 18.2. The second-order valence-corrected chi connectivity index (χ2v) is 10.4. The van der Waals surface area contributed by atoms with Gasteiger partial charge in [-0.25, -0.2) is 4.98 Å². The summed E-state index contributed by atoms with van der Waals surface area (Å²) in [6, 6.07) is 16.7. The minimum absolute atomic E-state index is 0.424. The van der Waals surface area contributed by atoms with Gasteiger partial charge < -0.3 is 0 Å². The molecular formula is C17H14BrN3S3. The van der Waals surface area contributed by atoms with Crippen LogP contribution < -0.4 is 0 Å². The molecule has 24 heavy (non-hydrogen) atoms. The van der Waals surface area contributed by atoms with Gasteiger partial charge in [-0.15, -0.1) is 16.4 Å². The predicted octanol–water partition coefficient (Wildman–Crippen LogP) is 5.71. The number of thioether (sulfide) groups is 1. The fourth-order valence-electron chi connectivity index (χ4n) is 2.39. The van der Waals surface area contributed by atoms with Crippen LogP contribution in [0.25, 0.3) is 10.2 Å². The molecule has 1 aliphatic rings. The van der Waals surface area contributed by atoms with Crippen molar-refractivity contribution in [2.45, 2.75) is 10.1 Å². The van der Waals surface area contributed by atoms with Gasteiger partial charge in [0.2, 0.25) is 0 Å². The number of thiol groups is 1. The first kappa shape index (κ1) is 16.3. The standard InChI is InChI=1S/C17H14BrN3S3/c18-13-5-3-4-12(8-13)10-24-11-19-21-16(24)9-22-17-20-14-6-1-2-7-15(14)23-17/h1-8,11,24H,9-10H2. The van der Waals surface area contributed by atoms with Crippen molar-refractivity contribution in [1.82, 2.24) is 4.98 Å². The summed E-state index contributed by atoms with van der Waals surface area (Å²) < 4.78 is 3.46. The summed E-state index contributed by atoms with van der Waals surface area (Å²) in [5.74, 6) is 1.86. The maximum absolute atomic E-state index is 4.68. The second kappa shape index (κ2) is 7.39. The monoisotopic (exact) mass is 435 g/mol. The topological polar surface area (TPSA) is 37.6 Å². The molecule has 0 radical (unpaired) electrons. The van der Waals surface area contributed by atoms with E-state index in [0.717, 1.165) is 25.8 Å². The molecule has 1 atom stereocenters. The number of rotatable bonds is 5. The fourth-order valence-corrected chi connectivity index (χ4v) is 6.88. The lowest BCUT2D eigenvalue weighted by Gasteiger charge is -2.14. The van der Waals surface area contributed by atoms with E-state index in [1.165, 1.54) is 15.3 Å². The van der Waals surface area contributed by atoms with Gasteiger partial charge in [-0.05, 0) is 29.8 Å². The zero-order valence-corrected chi connectivity index (χ0v) is 16.7. The number of aromatic nitrogens is 1. The lowest BCUT2D eigenvalue weighted by atomic mass is 10.2. The van der Waals surface area contributed by atoms with Crippen molar-refractivity contribution in [3.63, 3.8) is 0 Å². The third-order valence-electron chi connectivity index (χ3n) is 3.54. The summed E-state index contributed by atoms with van der Waals surface area (Å²) in [5, 5.41) is 9.72. The van der Waals surface area contributed by atoms with Crippen LogP contribution in [0, 0.1) is 0 Å². The molecule has 0 spiro atoms. The van der Waals surface area contributed by atoms with E-state index >= 15 is 0 Å². The molecule has 7 heteroatoms. The fraction of sp³-hybridized carbons (Fsp3) is 0.118. The van der Waals surface area contributed by atoms with Crippen molar-refractivity contribution in [3.8, 4) is 0 Å². The first-order valence-corrected chi connectivity index (χ1v) is 11.6. The van der Waals surface area contributed by atoms with E-state index in [9.17, 15) is 0 Å². The lowest BCUT2D eigenvalue weighted by Crippen LogP contribution is -2.03. The van der Waals surface area contributed by atoms with Crippen LogP contribution in [0.1, 0.15) is 5.56 Å². The summed E-state index contributed by atoms with van der Waals surface area (Å²) in [6.07, 6.45) is 0. The van der Waals surface area contributed by atoms with E-state index in [1.807, 2.05) is 11.6 Å². The summed E-state index contributed by atoms with van der Waals surface area (Å²) in [7, 11) is -0.424. The van der Waals surface area contributed by atoms with Gasteiger partial charge in [-0.1, -0.05) is 52.0 Å². The van der Waals surface area contributed by atoms with Crippen LogP contribution in [0.2, 0.25) is 0 Å². The van der Waals surface area contributed by atoms with Crippen LogP contribution in [-0.2, 0) is 5.75 Å². The molecule has 3 nitrogen and oxygen atoms in total. The Labute approximate surface area is 159 Å². The summed E-state index contributed by atoms with van der Waals surface area (Å²) in [4.78, 5) is 4.68. The molecule has 0 amide bonds. The number of para-hydroxylation sites is 1. The maximum Gasteiger partial charge on any atom is 0.151 e. The van der Waals surface area contributed by atoms with Gasteiger partial charge >= 0.3 is 0 Å². The highest BCUT2D eigenvalue weighted by Crippen LogP contribution is 2.37. The van der Waals surface area contributed by atoms with Crippen molar-refractivity contribution in [3.05, 3.63) is 58.6 Å². The smallest absolute Gasteiger partial charge is 0.151 e. The van der Waals surface area contributed by atoms with Gasteiger partial charge in [-0.3, -0.25) is 0 Å². The average Bonchev–Trinajstić information content (AvgIpc) is 3.19. The highest BCUT2D eigenvalue weighted by Gasteiger charge is 2.16. The lowest BCUT2D eigenvalue weighted by molar-refractivity contribution is 1.27. The molecule has 4 rings (SSSR count). The Kier molecular flexibility index (Phi) is 5.03. The van der Waals surface area contributed by atoms with E-state index in [4.69, 9.17) is 0 Å². The van der Waals surface area contributed by atoms with Crippen molar-refractivity contribution >= 4 is 70.7 Å². The largest absolute Gasteiger partial charge is 0.230 e. The SMILES string of the molecule is Brc1cccc(C[SH]2C=NN=C2CSc2nc3ccccc3s2)c1. The number of fused-ring (bicyclic) bond motifs is 1. The molecule has 122 valence electrons. The Balaban J connectivity index is 1.42. The molecular weight excluding hydrogens is 422 g/mol. The van der Waals surface area contributed by atoms with Crippen LogP contribution in [-0.4, -0.2) is 21.3 Å². The minimum atomic E-state index is -0.424. The van der Waals surface area contributed by atoms with Crippen LogP contribution in [0.5, 0.6) is 0 Å². The number of halogens is 1. The van der Waals surface area contributed by atoms with Crippen LogP contribution in [0.15, 0.2) is 67.5 Å². The van der Waals surface area contributed by atoms with Gasteiger partial charge in [0.1, 0.15) is 0 Å². The Bertz CT molecular complexity index is 902. The number of hydrogen-bond donors (Lipinski definition) is 1. The Hall–Kier alpha value is -1.15.